The van der Waals surface area contributed by atoms with Crippen molar-refractivity contribution in [2.24, 2.45) is 11.7 Å². The van der Waals surface area contributed by atoms with Crippen LogP contribution >= 0.6 is 0 Å². The summed E-state index contributed by atoms with van der Waals surface area (Å²) in [5.74, 6) is 0.581. The van der Waals surface area contributed by atoms with Crippen LogP contribution in [0, 0.1) is 5.92 Å². The molecular weight excluding hydrogens is 192 g/mol. The molecule has 15 heavy (non-hydrogen) atoms. The number of hydrogen-bond acceptors (Lipinski definition) is 3. The summed E-state index contributed by atoms with van der Waals surface area (Å²) >= 11 is 0. The van der Waals surface area contributed by atoms with Crippen molar-refractivity contribution >= 4 is 5.91 Å². The monoisotopic (exact) mass is 208 g/mol. The molecule has 3 N–H and O–H groups in total. The number of aromatic nitrogens is 2. The molecule has 82 valence electrons. The van der Waals surface area contributed by atoms with Crippen molar-refractivity contribution in [3.8, 4) is 0 Å². The third kappa shape index (κ3) is 2.79. The first kappa shape index (κ1) is 10.2. The van der Waals surface area contributed by atoms with Crippen LogP contribution in [0.15, 0.2) is 18.5 Å². The van der Waals surface area contributed by atoms with Gasteiger partial charge < -0.3 is 11.1 Å². The molecule has 5 nitrogen and oxygen atoms in total. The average molecular weight is 208 g/mol. The van der Waals surface area contributed by atoms with Crippen LogP contribution in [0.2, 0.25) is 0 Å². The lowest BCUT2D eigenvalue weighted by Gasteiger charge is -2.15. The molecule has 1 saturated carbocycles. The molecule has 1 aliphatic rings. The maximum absolute atomic E-state index is 11.6. The van der Waals surface area contributed by atoms with Crippen LogP contribution in [-0.2, 0) is 11.3 Å². The minimum atomic E-state index is -0.0129. The zero-order chi connectivity index (χ0) is 10.7. The Morgan fingerprint density at radius 3 is 3.00 bits per heavy atom. The van der Waals surface area contributed by atoms with Gasteiger partial charge in [0, 0.05) is 25.0 Å². The average Bonchev–Trinajstić information content (AvgIpc) is 2.95. The van der Waals surface area contributed by atoms with Gasteiger partial charge in [-0.2, -0.15) is 5.10 Å². The Bertz CT molecular complexity index is 318. The van der Waals surface area contributed by atoms with Gasteiger partial charge in [0.15, 0.2) is 0 Å². The van der Waals surface area contributed by atoms with Crippen molar-refractivity contribution in [1.29, 1.82) is 0 Å². The number of amides is 1. The van der Waals surface area contributed by atoms with E-state index >= 15 is 0 Å². The first-order valence-electron chi connectivity index (χ1n) is 5.26. The zero-order valence-electron chi connectivity index (χ0n) is 8.60. The van der Waals surface area contributed by atoms with Gasteiger partial charge in [-0.3, -0.25) is 9.48 Å². The van der Waals surface area contributed by atoms with Crippen LogP contribution in [0.25, 0.3) is 0 Å². The van der Waals surface area contributed by atoms with E-state index in [4.69, 9.17) is 5.73 Å². The second kappa shape index (κ2) is 4.44. The van der Waals surface area contributed by atoms with Crippen molar-refractivity contribution in [2.75, 3.05) is 6.54 Å². The van der Waals surface area contributed by atoms with E-state index in [1.54, 1.807) is 23.1 Å². The topological polar surface area (TPSA) is 72.9 Å². The molecule has 1 fully saturated rings. The summed E-state index contributed by atoms with van der Waals surface area (Å²) in [6.07, 6.45) is 5.80. The number of carbonyl (C=O) groups is 1. The maximum Gasteiger partial charge on any atom is 0.242 e. The van der Waals surface area contributed by atoms with Crippen LogP contribution in [-0.4, -0.2) is 28.3 Å². The minimum absolute atomic E-state index is 0.0129. The highest BCUT2D eigenvalue weighted by Gasteiger charge is 2.31. The molecule has 1 atom stereocenters. The summed E-state index contributed by atoms with van der Waals surface area (Å²) in [6.45, 7) is 0.797. The van der Waals surface area contributed by atoms with Gasteiger partial charge in [-0.05, 0) is 24.8 Å². The highest BCUT2D eigenvalue weighted by molar-refractivity contribution is 5.76. The van der Waals surface area contributed by atoms with Gasteiger partial charge in [-0.1, -0.05) is 0 Å². The molecule has 0 bridgehead atoms. The van der Waals surface area contributed by atoms with E-state index in [0.29, 0.717) is 12.5 Å². The van der Waals surface area contributed by atoms with E-state index in [-0.39, 0.29) is 18.5 Å². The SMILES string of the molecule is NCC(NC(=O)Cn1cccn1)C1CC1. The number of nitrogens with two attached hydrogens (primary N) is 1. The summed E-state index contributed by atoms with van der Waals surface area (Å²) in [4.78, 5) is 11.6. The summed E-state index contributed by atoms with van der Waals surface area (Å²) in [6, 6.07) is 1.95. The van der Waals surface area contributed by atoms with Crippen molar-refractivity contribution in [3.05, 3.63) is 18.5 Å². The molecule has 0 aromatic carbocycles. The summed E-state index contributed by atoms with van der Waals surface area (Å²) in [5, 5.41) is 6.92. The standard InChI is InChI=1S/C10H16N4O/c11-6-9(8-2-3-8)13-10(15)7-14-5-1-4-12-14/h1,4-5,8-9H,2-3,6-7,11H2,(H,13,15). The molecule has 0 aliphatic heterocycles. The smallest absolute Gasteiger partial charge is 0.242 e. The number of carbonyl (C=O) groups excluding carboxylic acids is 1. The summed E-state index contributed by atoms with van der Waals surface area (Å²) in [7, 11) is 0. The molecule has 0 saturated heterocycles. The molecule has 1 unspecified atom stereocenters. The van der Waals surface area contributed by atoms with Crippen molar-refractivity contribution < 1.29 is 4.79 Å². The quantitative estimate of drug-likeness (QED) is 0.700. The van der Waals surface area contributed by atoms with Crippen molar-refractivity contribution in [3.63, 3.8) is 0 Å². The third-order valence-corrected chi connectivity index (χ3v) is 2.66. The summed E-state index contributed by atoms with van der Waals surface area (Å²) in [5.41, 5.74) is 5.60. The molecule has 0 spiro atoms. The van der Waals surface area contributed by atoms with Crippen molar-refractivity contribution in [2.45, 2.75) is 25.4 Å². The highest BCUT2D eigenvalue weighted by atomic mass is 16.2. The van der Waals surface area contributed by atoms with Crippen LogP contribution in [0.3, 0.4) is 0 Å². The predicted molar refractivity (Wildman–Crippen MR) is 55.9 cm³/mol. The van der Waals surface area contributed by atoms with Gasteiger partial charge in [0.05, 0.1) is 0 Å². The van der Waals surface area contributed by atoms with Gasteiger partial charge in [-0.15, -0.1) is 0 Å². The predicted octanol–water partition coefficient (Wildman–Crippen LogP) is -0.263. The van der Waals surface area contributed by atoms with E-state index in [9.17, 15) is 4.79 Å². The zero-order valence-corrected chi connectivity index (χ0v) is 8.60. The van der Waals surface area contributed by atoms with Crippen LogP contribution in [0.1, 0.15) is 12.8 Å². The molecule has 1 amide bonds. The maximum atomic E-state index is 11.6. The van der Waals surface area contributed by atoms with Crippen LogP contribution < -0.4 is 11.1 Å². The fourth-order valence-electron chi connectivity index (χ4n) is 1.66. The molecule has 1 aliphatic carbocycles. The van der Waals surface area contributed by atoms with Gasteiger partial charge in [-0.25, -0.2) is 0 Å². The van der Waals surface area contributed by atoms with Crippen molar-refractivity contribution in [1.82, 2.24) is 15.1 Å². The second-order valence-electron chi connectivity index (χ2n) is 3.95. The van der Waals surface area contributed by atoms with E-state index in [1.165, 1.54) is 12.8 Å². The Hall–Kier alpha value is -1.36. The van der Waals surface area contributed by atoms with E-state index < -0.39 is 0 Å². The number of nitrogens with one attached hydrogen (secondary N) is 1. The lowest BCUT2D eigenvalue weighted by Crippen LogP contribution is -2.43. The van der Waals surface area contributed by atoms with Gasteiger partial charge in [0.1, 0.15) is 6.54 Å². The fraction of sp³-hybridized carbons (Fsp3) is 0.600. The molecule has 2 rings (SSSR count). The largest absolute Gasteiger partial charge is 0.350 e. The molecule has 0 radical (unpaired) electrons. The number of hydrogen-bond donors (Lipinski definition) is 2. The van der Waals surface area contributed by atoms with E-state index in [0.717, 1.165) is 0 Å². The Balaban J connectivity index is 1.80. The molecule has 1 aromatic rings. The Labute approximate surface area is 88.6 Å². The second-order valence-corrected chi connectivity index (χ2v) is 3.95. The van der Waals surface area contributed by atoms with Crippen LogP contribution in [0.4, 0.5) is 0 Å². The van der Waals surface area contributed by atoms with Gasteiger partial charge in [0.25, 0.3) is 0 Å². The van der Waals surface area contributed by atoms with E-state index in [1.807, 2.05) is 0 Å². The first-order valence-corrected chi connectivity index (χ1v) is 5.26. The van der Waals surface area contributed by atoms with Crippen LogP contribution in [0.5, 0.6) is 0 Å². The lowest BCUT2D eigenvalue weighted by atomic mass is 10.2. The first-order chi connectivity index (χ1) is 7.29. The fourth-order valence-corrected chi connectivity index (χ4v) is 1.66. The molecule has 1 heterocycles. The lowest BCUT2D eigenvalue weighted by molar-refractivity contribution is -0.122. The normalized spacial score (nSPS) is 17.4. The molecule has 1 aromatic heterocycles. The molecule has 5 heteroatoms. The highest BCUT2D eigenvalue weighted by Crippen LogP contribution is 2.32. The Kier molecular flexibility index (Phi) is 3.01. The van der Waals surface area contributed by atoms with E-state index in [2.05, 4.69) is 10.4 Å². The van der Waals surface area contributed by atoms with Gasteiger partial charge >= 0.3 is 0 Å². The molecular formula is C10H16N4O. The third-order valence-electron chi connectivity index (χ3n) is 2.66. The Morgan fingerprint density at radius 1 is 1.67 bits per heavy atom. The van der Waals surface area contributed by atoms with Gasteiger partial charge in [0.2, 0.25) is 5.91 Å². The Morgan fingerprint density at radius 2 is 2.47 bits per heavy atom. The summed E-state index contributed by atoms with van der Waals surface area (Å²) < 4.78 is 1.61. The minimum Gasteiger partial charge on any atom is -0.350 e. The number of rotatable bonds is 5. The number of nitrogens with zero attached hydrogens (tertiary/aromatic N) is 2.